The van der Waals surface area contributed by atoms with Crippen LogP contribution in [-0.2, 0) is 17.6 Å². The van der Waals surface area contributed by atoms with Crippen molar-refractivity contribution in [3.05, 3.63) is 34.8 Å². The molecule has 0 unspecified atom stereocenters. The first kappa shape index (κ1) is 16.4. The Morgan fingerprint density at radius 2 is 1.92 bits per heavy atom. The molecule has 1 aromatic heterocycles. The highest BCUT2D eigenvalue weighted by molar-refractivity contribution is 7.15. The number of carbonyl (C=O) groups is 1. The number of anilines is 2. The van der Waals surface area contributed by atoms with E-state index in [1.807, 2.05) is 12.1 Å². The van der Waals surface area contributed by atoms with Gasteiger partial charge in [0.2, 0.25) is 5.91 Å². The van der Waals surface area contributed by atoms with Gasteiger partial charge < -0.3 is 15.3 Å². The van der Waals surface area contributed by atoms with Crippen LogP contribution >= 0.6 is 11.3 Å². The van der Waals surface area contributed by atoms with Crippen molar-refractivity contribution < 1.29 is 9.90 Å². The lowest BCUT2D eigenvalue weighted by atomic mass is 10.2. The van der Waals surface area contributed by atoms with Gasteiger partial charge in [0.15, 0.2) is 5.13 Å². The van der Waals surface area contributed by atoms with Crippen LogP contribution in [0.25, 0.3) is 0 Å². The highest BCUT2D eigenvalue weighted by Crippen LogP contribution is 2.30. The number of nitrogens with zero attached hydrogens (tertiary/aromatic N) is 3. The summed E-state index contributed by atoms with van der Waals surface area (Å²) >= 11 is 1.62. The molecular formula is C18H22N4O2S. The number of phenols is 1. The standard InChI is InChI=1S/C18H22N4O2S/c23-14-6-4-13(5-7-14)22-10-8-21(9-11-22)12-17(24)20-18-19-15-2-1-3-16(15)25-18/h4-7,23H,1-3,8-12H2,(H,19,20,24). The van der Waals surface area contributed by atoms with Gasteiger partial charge in [0.05, 0.1) is 12.2 Å². The van der Waals surface area contributed by atoms with E-state index in [4.69, 9.17) is 0 Å². The molecule has 1 fully saturated rings. The number of amides is 1. The molecule has 2 aromatic rings. The summed E-state index contributed by atoms with van der Waals surface area (Å²) in [6, 6.07) is 7.28. The Morgan fingerprint density at radius 3 is 2.64 bits per heavy atom. The normalized spacial score (nSPS) is 17.5. The van der Waals surface area contributed by atoms with Gasteiger partial charge in [-0.2, -0.15) is 0 Å². The van der Waals surface area contributed by atoms with Gasteiger partial charge in [0.1, 0.15) is 5.75 Å². The second kappa shape index (κ2) is 7.01. The van der Waals surface area contributed by atoms with E-state index in [0.29, 0.717) is 6.54 Å². The smallest absolute Gasteiger partial charge is 0.240 e. The molecule has 132 valence electrons. The average Bonchev–Trinajstić information content (AvgIpc) is 3.18. The quantitative estimate of drug-likeness (QED) is 0.876. The van der Waals surface area contributed by atoms with Gasteiger partial charge >= 0.3 is 0 Å². The van der Waals surface area contributed by atoms with Crippen molar-refractivity contribution >= 4 is 28.1 Å². The summed E-state index contributed by atoms with van der Waals surface area (Å²) in [4.78, 5) is 22.6. The van der Waals surface area contributed by atoms with Crippen molar-refractivity contribution in [1.29, 1.82) is 0 Å². The van der Waals surface area contributed by atoms with E-state index in [1.165, 1.54) is 17.0 Å². The lowest BCUT2D eigenvalue weighted by Crippen LogP contribution is -2.48. The largest absolute Gasteiger partial charge is 0.508 e. The SMILES string of the molecule is O=C(CN1CCN(c2ccc(O)cc2)CC1)Nc1nc2c(s1)CCC2. The van der Waals surface area contributed by atoms with Crippen LogP contribution < -0.4 is 10.2 Å². The Bertz CT molecular complexity index is 729. The van der Waals surface area contributed by atoms with Crippen LogP contribution in [0.4, 0.5) is 10.8 Å². The number of aryl methyl sites for hydroxylation is 2. The number of thiazole rings is 1. The second-order valence-corrected chi connectivity index (χ2v) is 7.65. The van der Waals surface area contributed by atoms with E-state index in [-0.39, 0.29) is 11.7 Å². The Morgan fingerprint density at radius 1 is 1.16 bits per heavy atom. The van der Waals surface area contributed by atoms with Crippen LogP contribution in [0.3, 0.4) is 0 Å². The van der Waals surface area contributed by atoms with Crippen molar-refractivity contribution in [3.8, 4) is 5.75 Å². The van der Waals surface area contributed by atoms with E-state index in [1.54, 1.807) is 23.5 Å². The van der Waals surface area contributed by atoms with Gasteiger partial charge in [0.25, 0.3) is 0 Å². The number of hydrogen-bond acceptors (Lipinski definition) is 6. The van der Waals surface area contributed by atoms with Gasteiger partial charge in [-0.15, -0.1) is 11.3 Å². The summed E-state index contributed by atoms with van der Waals surface area (Å²) in [7, 11) is 0. The third kappa shape index (κ3) is 3.77. The molecule has 0 atom stereocenters. The lowest BCUT2D eigenvalue weighted by molar-refractivity contribution is -0.117. The van der Waals surface area contributed by atoms with Crippen LogP contribution in [0.15, 0.2) is 24.3 Å². The van der Waals surface area contributed by atoms with E-state index < -0.39 is 0 Å². The fourth-order valence-corrected chi connectivity index (χ4v) is 4.50. The van der Waals surface area contributed by atoms with Crippen LogP contribution in [0.1, 0.15) is 17.0 Å². The number of piperazine rings is 1. The van der Waals surface area contributed by atoms with Crippen LogP contribution in [0.5, 0.6) is 5.75 Å². The molecular weight excluding hydrogens is 336 g/mol. The lowest BCUT2D eigenvalue weighted by Gasteiger charge is -2.35. The monoisotopic (exact) mass is 358 g/mol. The highest BCUT2D eigenvalue weighted by Gasteiger charge is 2.21. The van der Waals surface area contributed by atoms with Crippen molar-refractivity contribution in [2.75, 3.05) is 42.9 Å². The maximum atomic E-state index is 12.3. The molecule has 1 amide bonds. The van der Waals surface area contributed by atoms with Crippen molar-refractivity contribution in [1.82, 2.24) is 9.88 Å². The molecule has 0 bridgehead atoms. The van der Waals surface area contributed by atoms with Gasteiger partial charge in [-0.3, -0.25) is 9.69 Å². The molecule has 4 rings (SSSR count). The second-order valence-electron chi connectivity index (χ2n) is 6.57. The number of rotatable bonds is 4. The Kier molecular flexibility index (Phi) is 4.59. The number of nitrogens with one attached hydrogen (secondary N) is 1. The minimum atomic E-state index is 0.0190. The van der Waals surface area contributed by atoms with E-state index in [2.05, 4.69) is 20.1 Å². The molecule has 2 heterocycles. The number of hydrogen-bond donors (Lipinski definition) is 2. The third-order valence-corrected chi connectivity index (χ3v) is 5.87. The Labute approximate surface area is 151 Å². The summed E-state index contributed by atoms with van der Waals surface area (Å²) in [6.07, 6.45) is 3.33. The molecule has 0 saturated carbocycles. The first-order valence-electron chi connectivity index (χ1n) is 8.72. The molecule has 1 saturated heterocycles. The zero-order valence-electron chi connectivity index (χ0n) is 14.1. The van der Waals surface area contributed by atoms with Gasteiger partial charge in [-0.05, 0) is 43.5 Å². The molecule has 0 spiro atoms. The summed E-state index contributed by atoms with van der Waals surface area (Å²) in [5, 5.41) is 13.1. The summed E-state index contributed by atoms with van der Waals surface area (Å²) in [5.74, 6) is 0.303. The van der Waals surface area contributed by atoms with E-state index in [9.17, 15) is 9.90 Å². The van der Waals surface area contributed by atoms with Gasteiger partial charge in [-0.1, -0.05) is 0 Å². The molecule has 7 heteroatoms. The average molecular weight is 358 g/mol. The van der Waals surface area contributed by atoms with Crippen LogP contribution in [-0.4, -0.2) is 53.6 Å². The van der Waals surface area contributed by atoms with Crippen LogP contribution in [0.2, 0.25) is 0 Å². The predicted molar refractivity (Wildman–Crippen MR) is 99.5 cm³/mol. The molecule has 6 nitrogen and oxygen atoms in total. The summed E-state index contributed by atoms with van der Waals surface area (Å²) < 4.78 is 0. The molecule has 2 N–H and O–H groups in total. The topological polar surface area (TPSA) is 68.7 Å². The number of phenolic OH excluding ortho intramolecular Hbond substituents is 1. The van der Waals surface area contributed by atoms with Crippen LogP contribution in [0, 0.1) is 0 Å². The maximum absolute atomic E-state index is 12.3. The number of benzene rings is 1. The van der Waals surface area contributed by atoms with Gasteiger partial charge in [0, 0.05) is 36.7 Å². The maximum Gasteiger partial charge on any atom is 0.240 e. The zero-order valence-corrected chi connectivity index (χ0v) is 14.9. The number of aromatic hydroxyl groups is 1. The molecule has 25 heavy (non-hydrogen) atoms. The minimum Gasteiger partial charge on any atom is -0.508 e. The number of aromatic nitrogens is 1. The predicted octanol–water partition coefficient (Wildman–Crippen LogP) is 2.10. The van der Waals surface area contributed by atoms with E-state index in [0.717, 1.165) is 49.8 Å². The zero-order chi connectivity index (χ0) is 17.2. The summed E-state index contributed by atoms with van der Waals surface area (Å²) in [6.45, 7) is 3.87. The Balaban J connectivity index is 1.26. The molecule has 1 aromatic carbocycles. The molecule has 1 aliphatic carbocycles. The highest BCUT2D eigenvalue weighted by atomic mass is 32.1. The first-order chi connectivity index (χ1) is 12.2. The molecule has 0 radical (unpaired) electrons. The van der Waals surface area contributed by atoms with Crippen molar-refractivity contribution in [3.63, 3.8) is 0 Å². The number of carbonyl (C=O) groups excluding carboxylic acids is 1. The fraction of sp³-hybridized carbons (Fsp3) is 0.444. The molecule has 1 aliphatic heterocycles. The summed E-state index contributed by atoms with van der Waals surface area (Å²) in [5.41, 5.74) is 2.28. The number of fused-ring (bicyclic) bond motifs is 1. The van der Waals surface area contributed by atoms with Crippen molar-refractivity contribution in [2.24, 2.45) is 0 Å². The van der Waals surface area contributed by atoms with Gasteiger partial charge in [-0.25, -0.2) is 4.98 Å². The fourth-order valence-electron chi connectivity index (χ4n) is 3.43. The Hall–Kier alpha value is -2.12. The van der Waals surface area contributed by atoms with E-state index >= 15 is 0 Å². The first-order valence-corrected chi connectivity index (χ1v) is 9.54. The molecule has 2 aliphatic rings. The third-order valence-electron chi connectivity index (χ3n) is 4.80. The van der Waals surface area contributed by atoms with Crippen molar-refractivity contribution in [2.45, 2.75) is 19.3 Å². The minimum absolute atomic E-state index is 0.0190.